The Kier molecular flexibility index (Phi) is 10.3. The Morgan fingerprint density at radius 3 is 1.34 bits per heavy atom. The van der Waals surface area contributed by atoms with Crippen molar-refractivity contribution in [2.75, 3.05) is 7.11 Å². The Hall–Kier alpha value is -4.10. The number of benzene rings is 5. The van der Waals surface area contributed by atoms with Gasteiger partial charge in [-0.25, -0.2) is 0 Å². The molecule has 0 saturated carbocycles. The zero-order chi connectivity index (χ0) is 30.0. The molecule has 1 saturated heterocycles. The third-order valence-electron chi connectivity index (χ3n) is 7.93. The summed E-state index contributed by atoms with van der Waals surface area (Å²) in [6.45, 7) is 1.20. The van der Waals surface area contributed by atoms with Crippen LogP contribution < -0.4 is 0 Å². The van der Waals surface area contributed by atoms with Crippen molar-refractivity contribution in [2.45, 2.75) is 50.5 Å². The van der Waals surface area contributed by atoms with Crippen LogP contribution in [0.15, 0.2) is 146 Å². The normalized spacial score (nSPS) is 21.6. The van der Waals surface area contributed by atoms with Crippen molar-refractivity contribution in [2.24, 2.45) is 0 Å². The lowest BCUT2D eigenvalue weighted by Gasteiger charge is -2.45. The summed E-state index contributed by atoms with van der Waals surface area (Å²) in [4.78, 5) is 0. The van der Waals surface area contributed by atoms with Crippen molar-refractivity contribution >= 4 is 0 Å². The minimum absolute atomic E-state index is 0.391. The maximum absolute atomic E-state index is 6.74. The lowest BCUT2D eigenvalue weighted by atomic mass is 9.92. The fourth-order valence-electron chi connectivity index (χ4n) is 5.61. The molecule has 1 heterocycles. The van der Waals surface area contributed by atoms with Crippen LogP contribution in [0.2, 0.25) is 0 Å². The van der Waals surface area contributed by atoms with Gasteiger partial charge in [0.15, 0.2) is 6.29 Å². The van der Waals surface area contributed by atoms with Gasteiger partial charge in [0.25, 0.3) is 0 Å². The Bertz CT molecular complexity index is 1530. The zero-order valence-electron chi connectivity index (χ0n) is 24.9. The van der Waals surface area contributed by atoms with Gasteiger partial charge in [-0.15, -0.1) is 0 Å². The summed E-state index contributed by atoms with van der Waals surface area (Å²) in [5.41, 5.74) is 6.48. The van der Waals surface area contributed by atoms with Crippen molar-refractivity contribution < 1.29 is 23.7 Å². The SMILES string of the molecule is CO[C@@H]1O[C@H](c2ccc(-c3ccccc3)cc2)[C@@H](OCc2ccccc2)[C@H](OCc2ccccc2)[C@H]1OCc1ccccc1. The van der Waals surface area contributed by atoms with E-state index in [-0.39, 0.29) is 0 Å². The molecule has 0 aromatic heterocycles. The van der Waals surface area contributed by atoms with Gasteiger partial charge in [0.1, 0.15) is 24.4 Å². The summed E-state index contributed by atoms with van der Waals surface area (Å²) in [5.74, 6) is 0. The Morgan fingerprint density at radius 2 is 0.864 bits per heavy atom. The highest BCUT2D eigenvalue weighted by Crippen LogP contribution is 2.39. The summed E-state index contributed by atoms with van der Waals surface area (Å²) >= 11 is 0. The van der Waals surface area contributed by atoms with E-state index >= 15 is 0 Å². The number of rotatable bonds is 12. The molecule has 0 spiro atoms. The van der Waals surface area contributed by atoms with Crippen LogP contribution in [-0.2, 0) is 43.5 Å². The molecule has 1 aliphatic rings. The van der Waals surface area contributed by atoms with Crippen LogP contribution in [0.5, 0.6) is 0 Å². The fraction of sp³-hybridized carbons (Fsp3) is 0.231. The average molecular weight is 587 g/mol. The summed E-state index contributed by atoms with van der Waals surface area (Å²) < 4.78 is 32.7. The van der Waals surface area contributed by atoms with Crippen LogP contribution >= 0.6 is 0 Å². The maximum atomic E-state index is 6.74. The van der Waals surface area contributed by atoms with Gasteiger partial charge in [0.2, 0.25) is 0 Å². The van der Waals surface area contributed by atoms with Gasteiger partial charge in [0, 0.05) is 7.11 Å². The molecule has 0 aliphatic carbocycles. The minimum atomic E-state index is -0.671. The molecule has 1 aliphatic heterocycles. The van der Waals surface area contributed by atoms with Gasteiger partial charge in [-0.05, 0) is 33.4 Å². The third-order valence-corrected chi connectivity index (χ3v) is 7.93. The van der Waals surface area contributed by atoms with E-state index in [4.69, 9.17) is 23.7 Å². The smallest absolute Gasteiger partial charge is 0.186 e. The topological polar surface area (TPSA) is 46.2 Å². The number of methoxy groups -OCH3 is 1. The predicted octanol–water partition coefficient (Wildman–Crippen LogP) is 8.15. The molecular formula is C39H38O5. The summed E-state index contributed by atoms with van der Waals surface area (Å²) in [5, 5.41) is 0. The molecule has 5 aromatic carbocycles. The van der Waals surface area contributed by atoms with Gasteiger partial charge in [-0.2, -0.15) is 0 Å². The quantitative estimate of drug-likeness (QED) is 0.148. The molecule has 6 rings (SSSR count). The largest absolute Gasteiger partial charge is 0.368 e. The van der Waals surface area contributed by atoms with E-state index in [0.717, 1.165) is 33.4 Å². The summed E-state index contributed by atoms with van der Waals surface area (Å²) in [6.07, 6.45) is -2.63. The van der Waals surface area contributed by atoms with Crippen LogP contribution in [-0.4, -0.2) is 31.7 Å². The van der Waals surface area contributed by atoms with E-state index in [1.807, 2.05) is 84.9 Å². The van der Waals surface area contributed by atoms with E-state index < -0.39 is 30.7 Å². The molecule has 224 valence electrons. The molecule has 5 nitrogen and oxygen atoms in total. The Labute approximate surface area is 260 Å². The number of ether oxygens (including phenoxy) is 5. The van der Waals surface area contributed by atoms with Gasteiger partial charge in [-0.3, -0.25) is 0 Å². The fourth-order valence-corrected chi connectivity index (χ4v) is 5.61. The first-order valence-corrected chi connectivity index (χ1v) is 15.1. The van der Waals surface area contributed by atoms with Gasteiger partial charge >= 0.3 is 0 Å². The van der Waals surface area contributed by atoms with E-state index in [0.29, 0.717) is 19.8 Å². The minimum Gasteiger partial charge on any atom is -0.368 e. The monoisotopic (exact) mass is 586 g/mol. The number of hydrogen-bond donors (Lipinski definition) is 0. The molecule has 5 aromatic rings. The molecule has 0 amide bonds. The van der Waals surface area contributed by atoms with Crippen molar-refractivity contribution in [3.05, 3.63) is 168 Å². The van der Waals surface area contributed by atoms with Crippen molar-refractivity contribution in [3.63, 3.8) is 0 Å². The number of hydrogen-bond acceptors (Lipinski definition) is 5. The van der Waals surface area contributed by atoms with E-state index in [9.17, 15) is 0 Å². The van der Waals surface area contributed by atoms with Crippen LogP contribution in [0.25, 0.3) is 11.1 Å². The molecular weight excluding hydrogens is 548 g/mol. The highest BCUT2D eigenvalue weighted by molar-refractivity contribution is 5.63. The van der Waals surface area contributed by atoms with Gasteiger partial charge < -0.3 is 23.7 Å². The summed E-state index contributed by atoms with van der Waals surface area (Å²) in [6, 6.07) is 49.3. The first-order chi connectivity index (χ1) is 21.8. The molecule has 44 heavy (non-hydrogen) atoms. The predicted molar refractivity (Wildman–Crippen MR) is 172 cm³/mol. The average Bonchev–Trinajstić information content (AvgIpc) is 3.10. The molecule has 0 radical (unpaired) electrons. The van der Waals surface area contributed by atoms with Crippen LogP contribution in [0.4, 0.5) is 0 Å². The van der Waals surface area contributed by atoms with Crippen LogP contribution in [0.1, 0.15) is 28.4 Å². The van der Waals surface area contributed by atoms with Crippen LogP contribution in [0.3, 0.4) is 0 Å². The highest BCUT2D eigenvalue weighted by atomic mass is 16.7. The Balaban J connectivity index is 1.33. The van der Waals surface area contributed by atoms with Crippen molar-refractivity contribution in [3.8, 4) is 11.1 Å². The standard InChI is InChI=1S/C39H38O5/c1-40-39-38(43-28-31-18-10-4-11-19-31)37(42-27-30-16-8-3-9-17-30)36(41-26-29-14-6-2-7-15-29)35(44-39)34-24-22-33(23-25-34)32-20-12-5-13-21-32/h2-25,35-39H,26-28H2,1H3/t35-,36-,37+,38-,39-/m1/s1. The second kappa shape index (κ2) is 15.1. The van der Waals surface area contributed by atoms with E-state index in [1.165, 1.54) is 0 Å². The van der Waals surface area contributed by atoms with Crippen LogP contribution in [0, 0.1) is 0 Å². The lowest BCUT2D eigenvalue weighted by Crippen LogP contribution is -2.57. The second-order valence-electron chi connectivity index (χ2n) is 10.9. The first-order valence-electron chi connectivity index (χ1n) is 15.1. The third kappa shape index (κ3) is 7.51. The van der Waals surface area contributed by atoms with Gasteiger partial charge in [0.05, 0.1) is 19.8 Å². The lowest BCUT2D eigenvalue weighted by molar-refractivity contribution is -0.320. The molecule has 1 fully saturated rings. The van der Waals surface area contributed by atoms with E-state index in [1.54, 1.807) is 7.11 Å². The Morgan fingerprint density at radius 1 is 0.455 bits per heavy atom. The summed E-state index contributed by atoms with van der Waals surface area (Å²) in [7, 11) is 1.65. The molecule has 5 heteroatoms. The second-order valence-corrected chi connectivity index (χ2v) is 10.9. The molecule has 0 N–H and O–H groups in total. The molecule has 0 bridgehead atoms. The van der Waals surface area contributed by atoms with Crippen molar-refractivity contribution in [1.29, 1.82) is 0 Å². The van der Waals surface area contributed by atoms with E-state index in [2.05, 4.69) is 60.7 Å². The van der Waals surface area contributed by atoms with Crippen molar-refractivity contribution in [1.82, 2.24) is 0 Å². The molecule has 0 unspecified atom stereocenters. The maximum Gasteiger partial charge on any atom is 0.186 e. The van der Waals surface area contributed by atoms with Gasteiger partial charge in [-0.1, -0.05) is 146 Å². The highest BCUT2D eigenvalue weighted by Gasteiger charge is 2.49. The first kappa shape index (κ1) is 29.9. The molecule has 5 atom stereocenters. The zero-order valence-corrected chi connectivity index (χ0v) is 24.9.